The third-order valence-electron chi connectivity index (χ3n) is 3.20. The molecule has 3 nitrogen and oxygen atoms in total. The normalized spacial score (nSPS) is 10.8. The molecule has 94 valence electrons. The molecule has 2 aromatic carbocycles. The minimum absolute atomic E-state index is 0.662. The zero-order valence-corrected chi connectivity index (χ0v) is 10.8. The average Bonchev–Trinajstić information content (AvgIpc) is 2.76. The first-order valence-corrected chi connectivity index (χ1v) is 6.16. The van der Waals surface area contributed by atoms with Crippen LogP contribution in [0.3, 0.4) is 0 Å². The van der Waals surface area contributed by atoms with Crippen molar-refractivity contribution in [3.8, 4) is 5.69 Å². The number of hydrogen-bond acceptors (Lipinski definition) is 2. The molecular weight excluding hydrogens is 234 g/mol. The van der Waals surface area contributed by atoms with Crippen molar-refractivity contribution < 1.29 is 0 Å². The highest BCUT2D eigenvalue weighted by molar-refractivity contribution is 5.91. The van der Waals surface area contributed by atoms with Crippen molar-refractivity contribution in [3.63, 3.8) is 0 Å². The summed E-state index contributed by atoms with van der Waals surface area (Å²) in [6.07, 6.45) is 0. The van der Waals surface area contributed by atoms with Gasteiger partial charge < -0.3 is 5.73 Å². The van der Waals surface area contributed by atoms with Crippen LogP contribution in [0.4, 0.5) is 5.82 Å². The van der Waals surface area contributed by atoms with E-state index in [2.05, 4.69) is 11.7 Å². The molecule has 1 heterocycles. The van der Waals surface area contributed by atoms with E-state index >= 15 is 0 Å². The Morgan fingerprint density at radius 2 is 1.89 bits per heavy atom. The predicted octanol–water partition coefficient (Wildman–Crippen LogP) is 3.64. The van der Waals surface area contributed by atoms with Crippen LogP contribution in [0.25, 0.3) is 22.2 Å². The molecule has 3 rings (SSSR count). The molecule has 0 amide bonds. The van der Waals surface area contributed by atoms with Crippen LogP contribution in [0.2, 0.25) is 0 Å². The van der Waals surface area contributed by atoms with E-state index in [-0.39, 0.29) is 0 Å². The monoisotopic (exact) mass is 249 g/mol. The van der Waals surface area contributed by atoms with Gasteiger partial charge in [-0.15, -0.1) is 0 Å². The van der Waals surface area contributed by atoms with E-state index in [0.717, 1.165) is 27.7 Å². The van der Waals surface area contributed by atoms with E-state index in [1.54, 1.807) is 4.68 Å². The maximum atomic E-state index is 6.18. The molecule has 3 heteroatoms. The van der Waals surface area contributed by atoms with Crippen molar-refractivity contribution in [2.45, 2.75) is 6.92 Å². The predicted molar refractivity (Wildman–Crippen MR) is 80.2 cm³/mol. The molecule has 0 radical (unpaired) electrons. The number of anilines is 1. The maximum absolute atomic E-state index is 6.18. The lowest BCUT2D eigenvalue weighted by Crippen LogP contribution is -2.00. The van der Waals surface area contributed by atoms with Gasteiger partial charge in [0.1, 0.15) is 5.82 Å². The lowest BCUT2D eigenvalue weighted by atomic mass is 10.1. The molecule has 0 aliphatic heterocycles. The van der Waals surface area contributed by atoms with E-state index in [1.807, 2.05) is 55.5 Å². The maximum Gasteiger partial charge on any atom is 0.135 e. The minimum atomic E-state index is 0.662. The van der Waals surface area contributed by atoms with Crippen molar-refractivity contribution in [1.82, 2.24) is 9.78 Å². The summed E-state index contributed by atoms with van der Waals surface area (Å²) in [6, 6.07) is 15.9. The van der Waals surface area contributed by atoms with Gasteiger partial charge in [-0.05, 0) is 36.8 Å². The minimum Gasteiger partial charge on any atom is -0.383 e. The summed E-state index contributed by atoms with van der Waals surface area (Å²) in [5.41, 5.74) is 10.1. The molecule has 0 aliphatic rings. The van der Waals surface area contributed by atoms with Crippen LogP contribution in [0.1, 0.15) is 12.5 Å². The van der Waals surface area contributed by atoms with Gasteiger partial charge in [0.05, 0.1) is 11.2 Å². The summed E-state index contributed by atoms with van der Waals surface area (Å²) in [6.45, 7) is 5.94. The number of fused-ring (bicyclic) bond motifs is 1. The fourth-order valence-electron chi connectivity index (χ4n) is 2.14. The van der Waals surface area contributed by atoms with Crippen LogP contribution < -0.4 is 5.73 Å². The SMILES string of the molecule is C=C(C)c1ccc2c(N)n(-c3ccccc3)nc2c1. The number of allylic oxidation sites excluding steroid dienone is 1. The van der Waals surface area contributed by atoms with Gasteiger partial charge in [-0.25, -0.2) is 4.68 Å². The molecule has 0 saturated heterocycles. The third kappa shape index (κ3) is 1.89. The van der Waals surface area contributed by atoms with E-state index in [1.165, 1.54) is 0 Å². The summed E-state index contributed by atoms with van der Waals surface area (Å²) in [4.78, 5) is 0. The largest absolute Gasteiger partial charge is 0.383 e. The van der Waals surface area contributed by atoms with Crippen LogP contribution in [-0.2, 0) is 0 Å². The van der Waals surface area contributed by atoms with Gasteiger partial charge in [0.25, 0.3) is 0 Å². The Labute approximate surface area is 112 Å². The summed E-state index contributed by atoms with van der Waals surface area (Å²) >= 11 is 0. The van der Waals surface area contributed by atoms with Gasteiger partial charge in [0.15, 0.2) is 0 Å². The number of nitrogens with zero attached hydrogens (tertiary/aromatic N) is 2. The van der Waals surface area contributed by atoms with E-state index in [9.17, 15) is 0 Å². The highest BCUT2D eigenvalue weighted by atomic mass is 15.3. The summed E-state index contributed by atoms with van der Waals surface area (Å²) in [5, 5.41) is 5.54. The Bertz CT molecular complexity index is 754. The van der Waals surface area contributed by atoms with Crippen molar-refractivity contribution in [2.75, 3.05) is 5.73 Å². The second-order valence-corrected chi connectivity index (χ2v) is 4.64. The first kappa shape index (κ1) is 11.5. The summed E-state index contributed by atoms with van der Waals surface area (Å²) in [7, 11) is 0. The molecule has 19 heavy (non-hydrogen) atoms. The highest BCUT2D eigenvalue weighted by Crippen LogP contribution is 2.26. The Balaban J connectivity index is 2.23. The zero-order valence-electron chi connectivity index (χ0n) is 10.8. The average molecular weight is 249 g/mol. The molecule has 0 fully saturated rings. The van der Waals surface area contributed by atoms with Crippen LogP contribution in [0.15, 0.2) is 55.1 Å². The van der Waals surface area contributed by atoms with Crippen molar-refractivity contribution >= 4 is 22.3 Å². The first-order chi connectivity index (χ1) is 9.16. The van der Waals surface area contributed by atoms with Gasteiger partial charge in [-0.3, -0.25) is 0 Å². The fourth-order valence-corrected chi connectivity index (χ4v) is 2.14. The molecule has 1 aromatic heterocycles. The van der Waals surface area contributed by atoms with Gasteiger partial charge >= 0.3 is 0 Å². The number of rotatable bonds is 2. The number of aromatic nitrogens is 2. The second-order valence-electron chi connectivity index (χ2n) is 4.64. The Kier molecular flexibility index (Phi) is 2.60. The van der Waals surface area contributed by atoms with Crippen molar-refractivity contribution in [1.29, 1.82) is 0 Å². The Morgan fingerprint density at radius 1 is 1.16 bits per heavy atom. The zero-order chi connectivity index (χ0) is 13.4. The molecule has 0 atom stereocenters. The van der Waals surface area contributed by atoms with Gasteiger partial charge in [-0.1, -0.05) is 36.4 Å². The molecule has 0 spiro atoms. The van der Waals surface area contributed by atoms with Gasteiger partial charge in [0, 0.05) is 5.39 Å². The molecule has 0 bridgehead atoms. The Hall–Kier alpha value is -2.55. The standard InChI is InChI=1S/C16H15N3/c1-11(2)12-8-9-14-15(10-12)18-19(16(14)17)13-6-4-3-5-7-13/h3-10H,1,17H2,2H3. The first-order valence-electron chi connectivity index (χ1n) is 6.16. The van der Waals surface area contributed by atoms with Crippen LogP contribution in [-0.4, -0.2) is 9.78 Å². The number of para-hydroxylation sites is 1. The Morgan fingerprint density at radius 3 is 2.58 bits per heavy atom. The van der Waals surface area contributed by atoms with Crippen molar-refractivity contribution in [2.24, 2.45) is 0 Å². The number of benzene rings is 2. The number of nitrogens with two attached hydrogens (primary N) is 1. The molecule has 3 aromatic rings. The van der Waals surface area contributed by atoms with Gasteiger partial charge in [-0.2, -0.15) is 5.10 Å². The molecule has 2 N–H and O–H groups in total. The quantitative estimate of drug-likeness (QED) is 0.753. The second kappa shape index (κ2) is 4.28. The summed E-state index contributed by atoms with van der Waals surface area (Å²) in [5.74, 6) is 0.662. The molecule has 0 saturated carbocycles. The van der Waals surface area contributed by atoms with Gasteiger partial charge in [0.2, 0.25) is 0 Å². The summed E-state index contributed by atoms with van der Waals surface area (Å²) < 4.78 is 1.77. The smallest absolute Gasteiger partial charge is 0.135 e. The third-order valence-corrected chi connectivity index (χ3v) is 3.20. The van der Waals surface area contributed by atoms with Crippen LogP contribution in [0.5, 0.6) is 0 Å². The van der Waals surface area contributed by atoms with E-state index in [4.69, 9.17) is 5.73 Å². The number of nitrogen functional groups attached to an aromatic ring is 1. The van der Waals surface area contributed by atoms with Crippen LogP contribution >= 0.6 is 0 Å². The van der Waals surface area contributed by atoms with Crippen molar-refractivity contribution in [3.05, 3.63) is 60.7 Å². The van der Waals surface area contributed by atoms with E-state index in [0.29, 0.717) is 5.82 Å². The molecule has 0 unspecified atom stereocenters. The van der Waals surface area contributed by atoms with Crippen LogP contribution in [0, 0.1) is 0 Å². The fraction of sp³-hybridized carbons (Fsp3) is 0.0625. The topological polar surface area (TPSA) is 43.8 Å². The highest BCUT2D eigenvalue weighted by Gasteiger charge is 2.10. The lowest BCUT2D eigenvalue weighted by Gasteiger charge is -2.02. The van der Waals surface area contributed by atoms with E-state index < -0.39 is 0 Å². The number of hydrogen-bond donors (Lipinski definition) is 1. The lowest BCUT2D eigenvalue weighted by molar-refractivity contribution is 0.907. The molecular formula is C16H15N3. The molecule has 0 aliphatic carbocycles.